The third kappa shape index (κ3) is 5.89. The minimum absolute atomic E-state index is 0.144. The van der Waals surface area contributed by atoms with E-state index >= 15 is 0 Å². The summed E-state index contributed by atoms with van der Waals surface area (Å²) in [5.41, 5.74) is 0.885. The van der Waals surface area contributed by atoms with Crippen molar-refractivity contribution in [2.24, 2.45) is 28.1 Å². The number of rotatable bonds is 9. The normalized spacial score (nSPS) is 52.7. The van der Waals surface area contributed by atoms with Gasteiger partial charge >= 0.3 is 0 Å². The molecule has 2 saturated carbocycles. The van der Waals surface area contributed by atoms with Crippen LogP contribution in [-0.2, 0) is 18.9 Å². The third-order valence-corrected chi connectivity index (χ3v) is 12.5. The summed E-state index contributed by atoms with van der Waals surface area (Å²) >= 11 is 0. The fraction of sp³-hybridized carbons (Fsp3) is 1.00. The molecule has 0 aromatic carbocycles. The van der Waals surface area contributed by atoms with E-state index in [2.05, 4.69) is 34.6 Å². The highest BCUT2D eigenvalue weighted by molar-refractivity contribution is 5.10. The van der Waals surface area contributed by atoms with Gasteiger partial charge in [-0.25, -0.2) is 0 Å². The first-order valence-electron chi connectivity index (χ1n) is 16.2. The number of fused-ring (bicyclic) bond motifs is 1. The lowest BCUT2D eigenvalue weighted by Gasteiger charge is -2.66. The first-order chi connectivity index (χ1) is 19.3. The predicted molar refractivity (Wildman–Crippen MR) is 154 cm³/mol. The van der Waals surface area contributed by atoms with Gasteiger partial charge in [0.05, 0.1) is 18.8 Å². The van der Waals surface area contributed by atoms with Crippen LogP contribution < -0.4 is 0 Å². The Morgan fingerprint density at radius 1 is 0.780 bits per heavy atom. The predicted octanol–water partition coefficient (Wildman–Crippen LogP) is 3.16. The molecule has 240 valence electrons. The van der Waals surface area contributed by atoms with Crippen LogP contribution >= 0.6 is 0 Å². The minimum Gasteiger partial charge on any atom is -0.388 e. The van der Waals surface area contributed by atoms with Gasteiger partial charge in [0.1, 0.15) is 42.7 Å². The van der Waals surface area contributed by atoms with E-state index in [-0.39, 0.29) is 12.0 Å². The van der Waals surface area contributed by atoms with E-state index in [0.29, 0.717) is 23.4 Å². The highest BCUT2D eigenvalue weighted by Crippen LogP contribution is 2.69. The largest absolute Gasteiger partial charge is 0.388 e. The second-order valence-corrected chi connectivity index (χ2v) is 14.3. The average Bonchev–Trinajstić information content (AvgIpc) is 2.94. The Morgan fingerprint density at radius 2 is 1.44 bits per heavy atom. The molecule has 2 aliphatic heterocycles. The summed E-state index contributed by atoms with van der Waals surface area (Å²) in [5, 5.41) is 52.1. The highest BCUT2D eigenvalue weighted by Gasteiger charge is 2.61. The standard InChI is InChI=1S/C32H58O9/c1-8-22-31(7)12-10-11-18(3)30(31,6)13-14-32(22,9-2)15-16-38-17-21-28(26(36)24(34)19(4)39-21)41-29-27(37)25(35)23(33)20(5)40-29/h18-29,33-37H,8-17H2,1-7H3/t18-,19?,20?,21-,22-,23+,24+,25?,26?,27?,28?,29-,30?,31-,32?/m0/s1. The summed E-state index contributed by atoms with van der Waals surface area (Å²) in [6.45, 7) is 16.2. The lowest BCUT2D eigenvalue weighted by Crippen LogP contribution is -2.63. The number of ether oxygens (including phenoxy) is 4. The van der Waals surface area contributed by atoms with Gasteiger partial charge < -0.3 is 44.5 Å². The average molecular weight is 587 g/mol. The van der Waals surface area contributed by atoms with Crippen LogP contribution in [0.2, 0.25) is 0 Å². The van der Waals surface area contributed by atoms with E-state index in [0.717, 1.165) is 18.8 Å². The summed E-state index contributed by atoms with van der Waals surface area (Å²) < 4.78 is 23.8. The highest BCUT2D eigenvalue weighted by atomic mass is 16.7. The van der Waals surface area contributed by atoms with E-state index in [1.807, 2.05) is 0 Å². The van der Waals surface area contributed by atoms with Gasteiger partial charge in [0, 0.05) is 6.61 Å². The summed E-state index contributed by atoms with van der Waals surface area (Å²) in [6, 6.07) is 0. The fourth-order valence-electron chi connectivity index (χ4n) is 9.37. The molecule has 9 nitrogen and oxygen atoms in total. The van der Waals surface area contributed by atoms with Gasteiger partial charge in [0.15, 0.2) is 6.29 Å². The molecule has 2 heterocycles. The van der Waals surface area contributed by atoms with E-state index in [9.17, 15) is 25.5 Å². The van der Waals surface area contributed by atoms with Crippen molar-refractivity contribution < 1.29 is 44.5 Å². The van der Waals surface area contributed by atoms with Crippen molar-refractivity contribution in [3.63, 3.8) is 0 Å². The molecule has 2 aliphatic carbocycles. The van der Waals surface area contributed by atoms with Gasteiger partial charge in [-0.3, -0.25) is 0 Å². The van der Waals surface area contributed by atoms with Crippen LogP contribution in [0, 0.1) is 28.1 Å². The number of hydrogen-bond donors (Lipinski definition) is 5. The number of aliphatic hydroxyl groups is 5. The Hall–Kier alpha value is -0.360. The van der Waals surface area contributed by atoms with Crippen molar-refractivity contribution in [2.75, 3.05) is 13.2 Å². The molecule has 5 N–H and O–H groups in total. The van der Waals surface area contributed by atoms with Crippen LogP contribution in [0.5, 0.6) is 0 Å². The first-order valence-corrected chi connectivity index (χ1v) is 16.2. The molecule has 0 aromatic rings. The van der Waals surface area contributed by atoms with E-state index in [1.54, 1.807) is 13.8 Å². The summed E-state index contributed by atoms with van der Waals surface area (Å²) in [7, 11) is 0. The van der Waals surface area contributed by atoms with Crippen LogP contribution in [0.4, 0.5) is 0 Å². The van der Waals surface area contributed by atoms with Crippen molar-refractivity contribution in [1.82, 2.24) is 0 Å². The van der Waals surface area contributed by atoms with Crippen molar-refractivity contribution in [2.45, 2.75) is 161 Å². The second kappa shape index (κ2) is 12.9. The van der Waals surface area contributed by atoms with Gasteiger partial charge in [-0.1, -0.05) is 60.3 Å². The molecular weight excluding hydrogens is 528 g/mol. The van der Waals surface area contributed by atoms with E-state index in [1.165, 1.54) is 38.5 Å². The molecule has 15 atom stereocenters. The maximum absolute atomic E-state index is 10.9. The molecule has 8 unspecified atom stereocenters. The monoisotopic (exact) mass is 586 g/mol. The zero-order valence-corrected chi connectivity index (χ0v) is 26.4. The smallest absolute Gasteiger partial charge is 0.187 e. The minimum atomic E-state index is -1.53. The number of hydrogen-bond acceptors (Lipinski definition) is 9. The van der Waals surface area contributed by atoms with Gasteiger partial charge in [-0.2, -0.15) is 0 Å². The number of aliphatic hydroxyl groups excluding tert-OH is 5. The molecule has 4 aliphatic rings. The third-order valence-electron chi connectivity index (χ3n) is 12.5. The topological polar surface area (TPSA) is 138 Å². The van der Waals surface area contributed by atoms with Crippen LogP contribution in [0.1, 0.15) is 99.8 Å². The maximum atomic E-state index is 10.9. The van der Waals surface area contributed by atoms with Crippen LogP contribution in [-0.4, -0.2) is 100.0 Å². The van der Waals surface area contributed by atoms with Gasteiger partial charge in [-0.05, 0) is 67.6 Å². The Balaban J connectivity index is 1.42. The van der Waals surface area contributed by atoms with E-state index in [4.69, 9.17) is 18.9 Å². The van der Waals surface area contributed by atoms with Gasteiger partial charge in [0.25, 0.3) is 0 Å². The summed E-state index contributed by atoms with van der Waals surface area (Å²) in [4.78, 5) is 0. The second-order valence-electron chi connectivity index (χ2n) is 14.3. The Labute approximate surface area is 246 Å². The quantitative estimate of drug-likeness (QED) is 0.258. The molecule has 0 radical (unpaired) electrons. The Bertz CT molecular complexity index is 859. The van der Waals surface area contributed by atoms with E-state index < -0.39 is 61.2 Å². The van der Waals surface area contributed by atoms with Gasteiger partial charge in [0.2, 0.25) is 0 Å². The molecule has 4 rings (SSSR count). The summed E-state index contributed by atoms with van der Waals surface area (Å²) in [6.07, 6.45) is -1.66. The molecule has 9 heteroatoms. The lowest BCUT2D eigenvalue weighted by molar-refractivity contribution is -0.337. The van der Waals surface area contributed by atoms with Crippen molar-refractivity contribution in [3.05, 3.63) is 0 Å². The zero-order valence-electron chi connectivity index (χ0n) is 26.4. The fourth-order valence-corrected chi connectivity index (χ4v) is 9.37. The van der Waals surface area contributed by atoms with Crippen molar-refractivity contribution in [1.29, 1.82) is 0 Å². The molecule has 0 bridgehead atoms. The molecule has 0 spiro atoms. The molecule has 2 saturated heterocycles. The SMILES string of the molecule is CC[C@@H]1C(CC)(CCOC[C@@H]2OC(C)[C@@H](O)C(O)C2O[C@@H]2OC(C)[C@@H](O)C(O)C2O)CCC2(C)[C@@H](C)CCC[C@@]12C. The van der Waals surface area contributed by atoms with Crippen LogP contribution in [0.25, 0.3) is 0 Å². The first kappa shape index (κ1) is 33.5. The molecule has 0 amide bonds. The van der Waals surface area contributed by atoms with Crippen LogP contribution in [0.15, 0.2) is 0 Å². The lowest BCUT2D eigenvalue weighted by atomic mass is 9.39. The molecular formula is C32H58O9. The van der Waals surface area contributed by atoms with Gasteiger partial charge in [-0.15, -0.1) is 0 Å². The summed E-state index contributed by atoms with van der Waals surface area (Å²) in [5.74, 6) is 1.36. The Kier molecular flexibility index (Phi) is 10.6. The zero-order chi connectivity index (χ0) is 30.3. The molecule has 4 fully saturated rings. The molecule has 41 heavy (non-hydrogen) atoms. The van der Waals surface area contributed by atoms with Crippen LogP contribution in [0.3, 0.4) is 0 Å². The Morgan fingerprint density at radius 3 is 2.10 bits per heavy atom. The molecule has 0 aromatic heterocycles. The van der Waals surface area contributed by atoms with Crippen molar-refractivity contribution >= 4 is 0 Å². The maximum Gasteiger partial charge on any atom is 0.187 e. The van der Waals surface area contributed by atoms with Crippen molar-refractivity contribution in [3.8, 4) is 0 Å².